The summed E-state index contributed by atoms with van der Waals surface area (Å²) < 4.78 is 7.09. The quantitative estimate of drug-likeness (QED) is 0.169. The Morgan fingerprint density at radius 3 is 1.93 bits per heavy atom. The lowest BCUT2D eigenvalue weighted by Gasteiger charge is -2.31. The van der Waals surface area contributed by atoms with Crippen LogP contribution in [0.5, 0.6) is 11.5 Å². The van der Waals surface area contributed by atoms with Crippen molar-refractivity contribution < 1.29 is 4.74 Å². The predicted octanol–water partition coefficient (Wildman–Crippen LogP) is 14.9. The Balaban J connectivity index is 1.20. The van der Waals surface area contributed by atoms with E-state index in [-0.39, 0.29) is 5.41 Å². The van der Waals surface area contributed by atoms with Crippen LogP contribution in [0.4, 0.5) is 17.1 Å². The average molecular weight is 704 g/mol. The molecule has 0 fully saturated rings. The third kappa shape index (κ3) is 4.81. The van der Waals surface area contributed by atoms with Crippen molar-refractivity contribution in [3.05, 3.63) is 199 Å². The molecule has 1 aliphatic heterocycles. The van der Waals surface area contributed by atoms with Crippen LogP contribution in [0.25, 0.3) is 66.1 Å². The molecule has 9 aromatic carbocycles. The number of fused-ring (bicyclic) bond motifs is 11. The van der Waals surface area contributed by atoms with Crippen LogP contribution in [-0.4, -0.2) is 0 Å². The maximum absolute atomic E-state index is 7.09. The van der Waals surface area contributed by atoms with Gasteiger partial charge in [-0.25, -0.2) is 0 Å². The van der Waals surface area contributed by atoms with Gasteiger partial charge >= 0.3 is 0 Å². The number of hydrogen-bond donors (Lipinski definition) is 0. The highest BCUT2D eigenvalue weighted by Gasteiger charge is 2.36. The molecule has 260 valence electrons. The lowest BCUT2D eigenvalue weighted by molar-refractivity contribution is 0.488. The average Bonchev–Trinajstić information content (AvgIpc) is 3.36. The van der Waals surface area contributed by atoms with Crippen LogP contribution in [0.2, 0.25) is 0 Å². The predicted molar refractivity (Wildman–Crippen MR) is 230 cm³/mol. The fourth-order valence-electron chi connectivity index (χ4n) is 9.21. The van der Waals surface area contributed by atoms with Crippen molar-refractivity contribution in [3.8, 4) is 56.0 Å². The van der Waals surface area contributed by atoms with Gasteiger partial charge < -0.3 is 9.64 Å². The standard InChI is InChI=1S/C53H37NO/c1-53(2)46-24-13-12-21-41(46)42-30-28-37(33-47(42)53)54(49-31-36-17-6-7-18-38(36)39-19-8-10-22-43(39)49)48-25-14-26-50-52(48)45-23-11-9-20-40(45)44-29-27-35(32-51(44)55-50)34-15-4-3-5-16-34/h3-33H,1-2H3. The summed E-state index contributed by atoms with van der Waals surface area (Å²) >= 11 is 0. The molecule has 0 saturated carbocycles. The van der Waals surface area contributed by atoms with Crippen LogP contribution in [0, 0.1) is 0 Å². The third-order valence-electron chi connectivity index (χ3n) is 11.9. The Bertz CT molecular complexity index is 2990. The zero-order chi connectivity index (χ0) is 36.7. The molecular weight excluding hydrogens is 667 g/mol. The minimum Gasteiger partial charge on any atom is -0.456 e. The highest BCUT2D eigenvalue weighted by Crippen LogP contribution is 2.56. The fourth-order valence-corrected chi connectivity index (χ4v) is 9.21. The summed E-state index contributed by atoms with van der Waals surface area (Å²) in [5, 5.41) is 4.88. The molecule has 2 nitrogen and oxygen atoms in total. The number of rotatable bonds is 4. The largest absolute Gasteiger partial charge is 0.456 e. The van der Waals surface area contributed by atoms with Crippen molar-refractivity contribution in [1.29, 1.82) is 0 Å². The summed E-state index contributed by atoms with van der Waals surface area (Å²) in [6, 6.07) is 68.4. The lowest BCUT2D eigenvalue weighted by Crippen LogP contribution is -2.17. The van der Waals surface area contributed by atoms with Crippen LogP contribution in [0.15, 0.2) is 188 Å². The number of hydrogen-bond acceptors (Lipinski definition) is 2. The highest BCUT2D eigenvalue weighted by molar-refractivity contribution is 6.15. The molecule has 0 N–H and O–H groups in total. The van der Waals surface area contributed by atoms with E-state index in [4.69, 9.17) is 4.74 Å². The first-order chi connectivity index (χ1) is 27.0. The molecule has 0 spiro atoms. The van der Waals surface area contributed by atoms with Crippen LogP contribution in [0.1, 0.15) is 25.0 Å². The van der Waals surface area contributed by atoms with Crippen LogP contribution < -0.4 is 9.64 Å². The first kappa shape index (κ1) is 31.6. The van der Waals surface area contributed by atoms with Gasteiger partial charge in [0.05, 0.1) is 11.4 Å². The molecule has 1 aliphatic carbocycles. The smallest absolute Gasteiger partial charge is 0.137 e. The highest BCUT2D eigenvalue weighted by atomic mass is 16.5. The van der Waals surface area contributed by atoms with E-state index in [0.717, 1.165) is 61.9 Å². The van der Waals surface area contributed by atoms with Gasteiger partial charge in [-0.15, -0.1) is 0 Å². The molecule has 0 amide bonds. The third-order valence-corrected chi connectivity index (χ3v) is 11.9. The summed E-state index contributed by atoms with van der Waals surface area (Å²) in [4.78, 5) is 2.48. The Hall–Kier alpha value is -6.90. The molecular formula is C53H37NO. The Labute approximate surface area is 321 Å². The minimum absolute atomic E-state index is 0.152. The summed E-state index contributed by atoms with van der Waals surface area (Å²) in [5.74, 6) is 1.68. The zero-order valence-electron chi connectivity index (χ0n) is 30.8. The second kappa shape index (κ2) is 12.1. The van der Waals surface area contributed by atoms with Crippen LogP contribution >= 0.6 is 0 Å². The van der Waals surface area contributed by atoms with Crippen molar-refractivity contribution in [2.75, 3.05) is 4.90 Å². The van der Waals surface area contributed by atoms with Gasteiger partial charge in [-0.05, 0) is 103 Å². The summed E-state index contributed by atoms with van der Waals surface area (Å²) in [5.41, 5.74) is 15.2. The van der Waals surface area contributed by atoms with Gasteiger partial charge in [-0.1, -0.05) is 159 Å². The van der Waals surface area contributed by atoms with Gasteiger partial charge in [0, 0.05) is 27.6 Å². The van der Waals surface area contributed by atoms with Gasteiger partial charge in [0.25, 0.3) is 0 Å². The molecule has 0 radical (unpaired) electrons. The maximum atomic E-state index is 7.09. The van der Waals surface area contributed by atoms with Crippen molar-refractivity contribution in [1.82, 2.24) is 0 Å². The fraction of sp³-hybridized carbons (Fsp3) is 0.0566. The molecule has 2 aliphatic rings. The number of ether oxygens (including phenoxy) is 1. The molecule has 9 aromatic rings. The second-order valence-electron chi connectivity index (χ2n) is 15.3. The van der Waals surface area contributed by atoms with E-state index >= 15 is 0 Å². The summed E-state index contributed by atoms with van der Waals surface area (Å²) in [6.07, 6.45) is 0. The molecule has 11 rings (SSSR count). The number of nitrogens with zero attached hydrogens (tertiary/aromatic N) is 1. The van der Waals surface area contributed by atoms with E-state index in [1.807, 2.05) is 0 Å². The summed E-state index contributed by atoms with van der Waals surface area (Å²) in [6.45, 7) is 4.72. The SMILES string of the molecule is CC1(C)c2ccccc2-c2ccc(N(c3cccc4c3-c3ccccc3-c3ccc(-c5ccccc5)cc3O4)c3cc4ccccc4c4ccccc34)cc21. The zero-order valence-corrected chi connectivity index (χ0v) is 30.8. The Kier molecular flexibility index (Phi) is 6.93. The van der Waals surface area contributed by atoms with Gasteiger partial charge in [0.15, 0.2) is 0 Å². The molecule has 0 saturated heterocycles. The van der Waals surface area contributed by atoms with Crippen LogP contribution in [0.3, 0.4) is 0 Å². The van der Waals surface area contributed by atoms with Crippen LogP contribution in [-0.2, 0) is 5.41 Å². The molecule has 0 atom stereocenters. The topological polar surface area (TPSA) is 12.5 Å². The van der Waals surface area contributed by atoms with E-state index in [0.29, 0.717) is 0 Å². The molecule has 1 heterocycles. The van der Waals surface area contributed by atoms with E-state index in [9.17, 15) is 0 Å². The Morgan fingerprint density at radius 1 is 0.400 bits per heavy atom. The molecule has 0 bridgehead atoms. The van der Waals surface area contributed by atoms with Gasteiger partial charge in [0.2, 0.25) is 0 Å². The minimum atomic E-state index is -0.152. The number of anilines is 3. The van der Waals surface area contributed by atoms with Crippen molar-refractivity contribution in [2.24, 2.45) is 0 Å². The van der Waals surface area contributed by atoms with Crippen molar-refractivity contribution in [3.63, 3.8) is 0 Å². The molecule has 2 heteroatoms. The number of benzene rings is 9. The lowest BCUT2D eigenvalue weighted by atomic mass is 9.82. The first-order valence-corrected chi connectivity index (χ1v) is 19.1. The monoisotopic (exact) mass is 703 g/mol. The normalized spacial score (nSPS) is 13.2. The molecule has 0 aromatic heterocycles. The molecule has 55 heavy (non-hydrogen) atoms. The first-order valence-electron chi connectivity index (χ1n) is 19.1. The van der Waals surface area contributed by atoms with Crippen molar-refractivity contribution in [2.45, 2.75) is 19.3 Å². The Morgan fingerprint density at radius 2 is 1.07 bits per heavy atom. The van der Waals surface area contributed by atoms with Gasteiger partial charge in [-0.2, -0.15) is 0 Å². The van der Waals surface area contributed by atoms with Gasteiger partial charge in [0.1, 0.15) is 11.5 Å². The van der Waals surface area contributed by atoms with E-state index < -0.39 is 0 Å². The molecule has 0 unspecified atom stereocenters. The van der Waals surface area contributed by atoms with E-state index in [1.165, 1.54) is 43.8 Å². The maximum Gasteiger partial charge on any atom is 0.137 e. The summed E-state index contributed by atoms with van der Waals surface area (Å²) in [7, 11) is 0. The van der Waals surface area contributed by atoms with Gasteiger partial charge in [-0.3, -0.25) is 0 Å². The van der Waals surface area contributed by atoms with E-state index in [1.54, 1.807) is 0 Å². The second-order valence-corrected chi connectivity index (χ2v) is 15.3. The van der Waals surface area contributed by atoms with E-state index in [2.05, 4.69) is 207 Å². The van der Waals surface area contributed by atoms with Crippen molar-refractivity contribution >= 4 is 38.6 Å².